The largest absolute Gasteiger partial charge is 0.416 e. The molecule has 0 radical (unpaired) electrons. The summed E-state index contributed by atoms with van der Waals surface area (Å²) < 4.78 is 78.2. The Morgan fingerprint density at radius 3 is 2.22 bits per heavy atom. The molecule has 3 aromatic carbocycles. The molecule has 4 rings (SSSR count). The second-order valence-corrected chi connectivity index (χ2v) is 12.9. The molecule has 0 fully saturated rings. The average Bonchev–Trinajstić information content (AvgIpc) is 2.91. The predicted molar refractivity (Wildman–Crippen MR) is 149 cm³/mol. The molecule has 1 unspecified atom stereocenters. The van der Waals surface area contributed by atoms with E-state index in [1.54, 1.807) is 0 Å². The maximum Gasteiger partial charge on any atom is 0.416 e. The van der Waals surface area contributed by atoms with Crippen LogP contribution in [0.3, 0.4) is 0 Å². The summed E-state index contributed by atoms with van der Waals surface area (Å²) in [6.45, 7) is 1.34. The molecule has 4 aromatic rings. The maximum atomic E-state index is 13.6. The number of carbonyl (C=O) groups excluding carboxylic acids is 1. The van der Waals surface area contributed by atoms with E-state index in [1.807, 2.05) is 0 Å². The van der Waals surface area contributed by atoms with Crippen LogP contribution >= 0.6 is 11.6 Å². The first-order valence-electron chi connectivity index (χ1n) is 11.9. The van der Waals surface area contributed by atoms with Crippen molar-refractivity contribution < 1.29 is 30.6 Å². The number of aromatic nitrogens is 1. The lowest BCUT2D eigenvalue weighted by Gasteiger charge is -2.18. The summed E-state index contributed by atoms with van der Waals surface area (Å²) >= 11 is 5.94. The van der Waals surface area contributed by atoms with Gasteiger partial charge < -0.3 is 5.32 Å². The molecule has 214 valence electrons. The molecule has 1 atom stereocenters. The van der Waals surface area contributed by atoms with Crippen molar-refractivity contribution in [1.29, 1.82) is 0 Å². The molecular formula is C28H22ClF3N2O5S2. The van der Waals surface area contributed by atoms with Gasteiger partial charge in [-0.25, -0.2) is 12.6 Å². The molecule has 13 heteroatoms. The number of benzene rings is 3. The number of sulfone groups is 1. The Morgan fingerprint density at radius 2 is 1.63 bits per heavy atom. The van der Waals surface area contributed by atoms with E-state index in [1.165, 1.54) is 61.5 Å². The van der Waals surface area contributed by atoms with Gasteiger partial charge in [0, 0.05) is 34.1 Å². The summed E-state index contributed by atoms with van der Waals surface area (Å²) in [6.07, 6.45) is -3.63. The van der Waals surface area contributed by atoms with Crippen LogP contribution in [0.1, 0.15) is 27.2 Å². The van der Waals surface area contributed by atoms with Gasteiger partial charge in [0.2, 0.25) is 0 Å². The summed E-state index contributed by atoms with van der Waals surface area (Å²) in [7, 11) is -5.36. The van der Waals surface area contributed by atoms with E-state index in [9.17, 15) is 35.4 Å². The zero-order chi connectivity index (χ0) is 30.1. The molecular weight excluding hydrogens is 601 g/mol. The third-order valence-electron chi connectivity index (χ3n) is 6.11. The van der Waals surface area contributed by atoms with Crippen LogP contribution in [0.4, 0.5) is 13.2 Å². The number of halogens is 4. The maximum absolute atomic E-state index is 13.6. The van der Waals surface area contributed by atoms with Crippen molar-refractivity contribution in [2.24, 2.45) is 0 Å². The van der Waals surface area contributed by atoms with Crippen molar-refractivity contribution in [3.63, 3.8) is 0 Å². The Labute approximate surface area is 241 Å². The normalized spacial score (nSPS) is 12.6. The van der Waals surface area contributed by atoms with E-state index >= 15 is 0 Å². The van der Waals surface area contributed by atoms with Crippen molar-refractivity contribution in [3.05, 3.63) is 117 Å². The van der Waals surface area contributed by atoms with E-state index in [2.05, 4.69) is 5.32 Å². The molecule has 0 aliphatic heterocycles. The van der Waals surface area contributed by atoms with Crippen LogP contribution in [0, 0.1) is 6.92 Å². The molecule has 1 N–H and O–H groups in total. The molecule has 1 amide bonds. The van der Waals surface area contributed by atoms with Crippen molar-refractivity contribution in [2.45, 2.75) is 34.3 Å². The summed E-state index contributed by atoms with van der Waals surface area (Å²) in [5.41, 5.74) is -1.92. The van der Waals surface area contributed by atoms with Crippen LogP contribution in [-0.2, 0) is 33.4 Å². The minimum atomic E-state index is -4.69. The minimum Gasteiger partial charge on any atom is -0.348 e. The van der Waals surface area contributed by atoms with Gasteiger partial charge in [-0.15, -0.1) is 0 Å². The first kappa shape index (κ1) is 30.2. The highest BCUT2D eigenvalue weighted by Gasteiger charge is 2.31. The van der Waals surface area contributed by atoms with Crippen LogP contribution in [0.5, 0.6) is 0 Å². The van der Waals surface area contributed by atoms with Crippen molar-refractivity contribution in [2.75, 3.05) is 6.26 Å². The van der Waals surface area contributed by atoms with Crippen LogP contribution in [-0.4, -0.2) is 29.4 Å². The molecule has 1 heterocycles. The third-order valence-corrected chi connectivity index (χ3v) is 9.00. The quantitative estimate of drug-likeness (QED) is 0.301. The van der Waals surface area contributed by atoms with Crippen LogP contribution < -0.4 is 10.9 Å². The molecule has 0 aliphatic carbocycles. The van der Waals surface area contributed by atoms with Crippen LogP contribution in [0.15, 0.2) is 98.3 Å². The highest BCUT2D eigenvalue weighted by molar-refractivity contribution is 7.90. The van der Waals surface area contributed by atoms with Gasteiger partial charge >= 0.3 is 6.18 Å². The van der Waals surface area contributed by atoms with Gasteiger partial charge in [0.15, 0.2) is 9.84 Å². The fourth-order valence-corrected chi connectivity index (χ4v) is 5.96. The van der Waals surface area contributed by atoms with Crippen molar-refractivity contribution in [3.8, 4) is 5.69 Å². The molecule has 0 spiro atoms. The number of hydrogen-bond acceptors (Lipinski definition) is 5. The Morgan fingerprint density at radius 1 is 1.00 bits per heavy atom. The zero-order valence-corrected chi connectivity index (χ0v) is 23.9. The number of hydrogen-bond donors (Lipinski definition) is 1. The van der Waals surface area contributed by atoms with Gasteiger partial charge in [-0.2, -0.15) is 13.2 Å². The van der Waals surface area contributed by atoms with Gasteiger partial charge in [0.05, 0.1) is 26.2 Å². The average molecular weight is 623 g/mol. The Kier molecular flexibility index (Phi) is 8.57. The number of nitrogens with zero attached hydrogens (tertiary/aromatic N) is 1. The van der Waals surface area contributed by atoms with E-state index in [4.69, 9.17) is 11.6 Å². The monoisotopic (exact) mass is 622 g/mol. The lowest BCUT2D eigenvalue weighted by atomic mass is 10.1. The second-order valence-electron chi connectivity index (χ2n) is 9.02. The van der Waals surface area contributed by atoms with Crippen molar-refractivity contribution >= 4 is 38.1 Å². The standard InChI is InChI=1S/C28H22ClF3N2O5S2/c1-17-25(40(37)22-10-8-20(29)9-11-22)15-24(26(35)33-16-18-6-12-23(13-7-18)41(2,38)39)27(36)34(17)21-5-3-4-19(14-21)28(30,31)32/h3-15H,16H2,1-2H3,(H,33,35). The molecule has 0 saturated heterocycles. The zero-order valence-electron chi connectivity index (χ0n) is 21.5. The van der Waals surface area contributed by atoms with Gasteiger partial charge in [-0.3, -0.25) is 14.2 Å². The fourth-order valence-electron chi connectivity index (χ4n) is 3.98. The topological polar surface area (TPSA) is 102 Å². The van der Waals surface area contributed by atoms with Crippen LogP contribution in [0.2, 0.25) is 5.02 Å². The predicted octanol–water partition coefficient (Wildman–Crippen LogP) is 5.32. The Hall–Kier alpha value is -3.74. The summed E-state index contributed by atoms with van der Waals surface area (Å²) in [5.74, 6) is -0.864. The van der Waals surface area contributed by atoms with Crippen molar-refractivity contribution in [1.82, 2.24) is 9.88 Å². The fraction of sp³-hybridized carbons (Fsp3) is 0.143. The molecule has 1 aromatic heterocycles. The number of pyridine rings is 1. The Bertz CT molecular complexity index is 1820. The first-order chi connectivity index (χ1) is 19.2. The lowest BCUT2D eigenvalue weighted by molar-refractivity contribution is -0.137. The van der Waals surface area contributed by atoms with Crippen LogP contribution in [0.25, 0.3) is 5.69 Å². The minimum absolute atomic E-state index is 0.0342. The van der Waals surface area contributed by atoms with E-state index in [0.717, 1.165) is 35.1 Å². The highest BCUT2D eigenvalue weighted by atomic mass is 35.5. The number of alkyl halides is 3. The highest BCUT2D eigenvalue weighted by Crippen LogP contribution is 2.31. The summed E-state index contributed by atoms with van der Waals surface area (Å²) in [6, 6.07) is 16.9. The molecule has 0 bridgehead atoms. The smallest absolute Gasteiger partial charge is 0.348 e. The van der Waals surface area contributed by atoms with E-state index < -0.39 is 49.4 Å². The summed E-state index contributed by atoms with van der Waals surface area (Å²) in [5, 5.41) is 2.95. The second kappa shape index (κ2) is 11.6. The number of nitrogens with one attached hydrogen (secondary N) is 1. The van der Waals surface area contributed by atoms with Gasteiger partial charge in [0.1, 0.15) is 5.56 Å². The van der Waals surface area contributed by atoms with E-state index in [0.29, 0.717) is 15.5 Å². The molecule has 7 nitrogen and oxygen atoms in total. The first-order valence-corrected chi connectivity index (χ1v) is 15.3. The lowest BCUT2D eigenvalue weighted by Crippen LogP contribution is -2.34. The number of carbonyl (C=O) groups is 1. The number of rotatable bonds is 7. The SMILES string of the molecule is Cc1c(S(=O)c2ccc(Cl)cc2)cc(C(=O)NCc2ccc(S(C)(=O)=O)cc2)c(=O)n1-c1cccc(C(F)(F)F)c1. The van der Waals surface area contributed by atoms with E-state index in [-0.39, 0.29) is 27.7 Å². The molecule has 0 saturated carbocycles. The van der Waals surface area contributed by atoms with Gasteiger partial charge in [-0.1, -0.05) is 29.8 Å². The third kappa shape index (κ3) is 6.77. The number of amides is 1. The van der Waals surface area contributed by atoms with Gasteiger partial charge in [0.25, 0.3) is 11.5 Å². The van der Waals surface area contributed by atoms with Gasteiger partial charge in [-0.05, 0) is 73.2 Å². The summed E-state index contributed by atoms with van der Waals surface area (Å²) in [4.78, 5) is 27.2. The molecule has 41 heavy (non-hydrogen) atoms. The Balaban J connectivity index is 1.80. The molecule has 0 aliphatic rings.